The molecule has 2 aliphatic heterocycles. The van der Waals surface area contributed by atoms with Crippen LogP contribution in [0.5, 0.6) is 0 Å². The quantitative estimate of drug-likeness (QED) is 0.845. The summed E-state index contributed by atoms with van der Waals surface area (Å²) in [6.07, 6.45) is 4.16. The third-order valence-corrected chi connectivity index (χ3v) is 4.04. The number of hydrogen-bond donors (Lipinski definition) is 2. The second-order valence-corrected chi connectivity index (χ2v) is 5.17. The highest BCUT2D eigenvalue weighted by Gasteiger charge is 2.34. The molecular weight excluding hydrogens is 356 g/mol. The number of halogens is 2. The summed E-state index contributed by atoms with van der Waals surface area (Å²) in [7, 11) is 0. The molecule has 2 heterocycles. The van der Waals surface area contributed by atoms with Crippen molar-refractivity contribution in [3.05, 3.63) is 35.9 Å². The van der Waals surface area contributed by atoms with Crippen LogP contribution >= 0.6 is 34.0 Å². The highest BCUT2D eigenvalue weighted by Crippen LogP contribution is 2.29. The predicted octanol–water partition coefficient (Wildman–Crippen LogP) is 3.07. The van der Waals surface area contributed by atoms with Crippen molar-refractivity contribution in [1.82, 2.24) is 10.6 Å². The number of hydrogen-bond acceptors (Lipinski definition) is 2. The van der Waals surface area contributed by atoms with Crippen LogP contribution in [-0.2, 0) is 6.54 Å². The zero-order valence-corrected chi connectivity index (χ0v) is 13.9. The normalized spacial score (nSPS) is 29.2. The molecule has 3 unspecified atom stereocenters. The molecule has 102 valence electrons. The summed E-state index contributed by atoms with van der Waals surface area (Å²) in [5.74, 6) is 0.915. The van der Waals surface area contributed by atoms with Crippen molar-refractivity contribution in [3.63, 3.8) is 0 Å². The molecule has 0 aromatic heterocycles. The third-order valence-electron chi connectivity index (χ3n) is 4.04. The van der Waals surface area contributed by atoms with Gasteiger partial charge in [-0.05, 0) is 37.3 Å². The zero-order valence-electron chi connectivity index (χ0n) is 10.5. The van der Waals surface area contributed by atoms with Crippen LogP contribution < -0.4 is 10.6 Å². The third kappa shape index (κ3) is 3.80. The highest BCUT2D eigenvalue weighted by molar-refractivity contribution is 8.93. The van der Waals surface area contributed by atoms with Gasteiger partial charge >= 0.3 is 0 Å². The molecule has 1 aliphatic carbocycles. The second kappa shape index (κ2) is 7.63. The standard InChI is InChI=1S/C14H20N2.2BrH/c1-2-4-11(5-3-1)9-16-14-8-12-6-7-13(14)15-10-12;;/h1-5,12-16H,6-10H2;2*1H. The molecule has 1 saturated carbocycles. The van der Waals surface area contributed by atoms with E-state index >= 15 is 0 Å². The van der Waals surface area contributed by atoms with Crippen molar-refractivity contribution in [2.45, 2.75) is 37.9 Å². The zero-order chi connectivity index (χ0) is 10.8. The summed E-state index contributed by atoms with van der Waals surface area (Å²) in [5.41, 5.74) is 1.39. The van der Waals surface area contributed by atoms with Crippen LogP contribution in [0.3, 0.4) is 0 Å². The lowest BCUT2D eigenvalue weighted by molar-refractivity contribution is 0.159. The summed E-state index contributed by atoms with van der Waals surface area (Å²) in [4.78, 5) is 0. The molecule has 2 bridgehead atoms. The van der Waals surface area contributed by atoms with Gasteiger partial charge in [0, 0.05) is 18.6 Å². The fourth-order valence-corrected chi connectivity index (χ4v) is 3.08. The molecule has 4 heteroatoms. The van der Waals surface area contributed by atoms with Gasteiger partial charge in [-0.25, -0.2) is 0 Å². The first-order valence-corrected chi connectivity index (χ1v) is 6.42. The Morgan fingerprint density at radius 3 is 2.44 bits per heavy atom. The summed E-state index contributed by atoms with van der Waals surface area (Å²) in [5, 5.41) is 7.35. The van der Waals surface area contributed by atoms with Crippen LogP contribution in [0, 0.1) is 5.92 Å². The van der Waals surface area contributed by atoms with Gasteiger partial charge in [-0.15, -0.1) is 34.0 Å². The Bertz CT molecular complexity index is 337. The minimum absolute atomic E-state index is 0. The molecule has 3 atom stereocenters. The van der Waals surface area contributed by atoms with E-state index in [4.69, 9.17) is 0 Å². The van der Waals surface area contributed by atoms with Gasteiger partial charge in [-0.2, -0.15) is 0 Å². The predicted molar refractivity (Wildman–Crippen MR) is 86.8 cm³/mol. The summed E-state index contributed by atoms with van der Waals surface area (Å²) >= 11 is 0. The van der Waals surface area contributed by atoms with Crippen molar-refractivity contribution in [3.8, 4) is 0 Å². The van der Waals surface area contributed by atoms with Gasteiger partial charge in [0.2, 0.25) is 0 Å². The van der Waals surface area contributed by atoms with E-state index in [1.54, 1.807) is 0 Å². The van der Waals surface area contributed by atoms with Gasteiger partial charge in [0.05, 0.1) is 0 Å². The lowest BCUT2D eigenvalue weighted by atomic mass is 9.78. The molecular formula is C14H22Br2N2. The summed E-state index contributed by atoms with van der Waals surface area (Å²) in [6, 6.07) is 12.1. The molecule has 3 fully saturated rings. The van der Waals surface area contributed by atoms with Crippen LogP contribution in [0.4, 0.5) is 0 Å². The Morgan fingerprint density at radius 2 is 1.89 bits per heavy atom. The fraction of sp³-hybridized carbons (Fsp3) is 0.571. The number of fused-ring (bicyclic) bond motifs is 3. The van der Waals surface area contributed by atoms with E-state index in [9.17, 15) is 0 Å². The number of rotatable bonds is 3. The molecule has 1 aromatic carbocycles. The average molecular weight is 378 g/mol. The maximum Gasteiger partial charge on any atom is 0.0227 e. The number of nitrogens with one attached hydrogen (secondary N) is 2. The van der Waals surface area contributed by atoms with E-state index in [1.807, 2.05) is 0 Å². The summed E-state index contributed by atoms with van der Waals surface area (Å²) < 4.78 is 0. The molecule has 2 saturated heterocycles. The van der Waals surface area contributed by atoms with E-state index in [0.717, 1.165) is 12.5 Å². The molecule has 2 N–H and O–H groups in total. The molecule has 0 spiro atoms. The van der Waals surface area contributed by atoms with Crippen LogP contribution in [-0.4, -0.2) is 18.6 Å². The van der Waals surface area contributed by atoms with Crippen LogP contribution in [0.1, 0.15) is 24.8 Å². The van der Waals surface area contributed by atoms with Gasteiger partial charge in [0.1, 0.15) is 0 Å². The van der Waals surface area contributed by atoms with Crippen molar-refractivity contribution in [2.75, 3.05) is 6.54 Å². The highest BCUT2D eigenvalue weighted by atomic mass is 79.9. The van der Waals surface area contributed by atoms with Crippen LogP contribution in [0.15, 0.2) is 30.3 Å². The monoisotopic (exact) mass is 376 g/mol. The van der Waals surface area contributed by atoms with Crippen molar-refractivity contribution >= 4 is 34.0 Å². The topological polar surface area (TPSA) is 24.1 Å². The maximum absolute atomic E-state index is 3.71. The Kier molecular flexibility index (Phi) is 6.85. The van der Waals surface area contributed by atoms with E-state index in [1.165, 1.54) is 31.4 Å². The largest absolute Gasteiger partial charge is 0.312 e. The SMILES string of the molecule is Br.Br.c1ccc(CNC2CC3CCC2NC3)cc1. The Labute approximate surface area is 130 Å². The minimum atomic E-state index is 0. The van der Waals surface area contributed by atoms with Crippen LogP contribution in [0.2, 0.25) is 0 Å². The fourth-order valence-electron chi connectivity index (χ4n) is 3.08. The lowest BCUT2D eigenvalue weighted by Crippen LogP contribution is -2.58. The Balaban J connectivity index is 0.000000810. The second-order valence-electron chi connectivity index (χ2n) is 5.17. The molecule has 2 nitrogen and oxygen atoms in total. The van der Waals surface area contributed by atoms with E-state index < -0.39 is 0 Å². The van der Waals surface area contributed by atoms with Crippen molar-refractivity contribution < 1.29 is 0 Å². The summed E-state index contributed by atoms with van der Waals surface area (Å²) in [6.45, 7) is 2.25. The average Bonchev–Trinajstić information content (AvgIpc) is 2.39. The van der Waals surface area contributed by atoms with Crippen molar-refractivity contribution in [2.24, 2.45) is 5.92 Å². The molecule has 0 radical (unpaired) electrons. The van der Waals surface area contributed by atoms with Gasteiger partial charge in [0.25, 0.3) is 0 Å². The molecule has 18 heavy (non-hydrogen) atoms. The molecule has 0 amide bonds. The van der Waals surface area contributed by atoms with Gasteiger partial charge in [0.15, 0.2) is 0 Å². The van der Waals surface area contributed by atoms with Crippen molar-refractivity contribution in [1.29, 1.82) is 0 Å². The van der Waals surface area contributed by atoms with Gasteiger partial charge < -0.3 is 10.6 Å². The number of benzene rings is 1. The van der Waals surface area contributed by atoms with Gasteiger partial charge in [-0.1, -0.05) is 30.3 Å². The van der Waals surface area contributed by atoms with E-state index in [0.29, 0.717) is 12.1 Å². The number of piperidine rings is 2. The lowest BCUT2D eigenvalue weighted by Gasteiger charge is -2.43. The van der Waals surface area contributed by atoms with Gasteiger partial charge in [-0.3, -0.25) is 0 Å². The first-order chi connectivity index (χ1) is 7.92. The first-order valence-electron chi connectivity index (χ1n) is 6.42. The Morgan fingerprint density at radius 1 is 1.11 bits per heavy atom. The van der Waals surface area contributed by atoms with E-state index in [-0.39, 0.29) is 34.0 Å². The Hall–Kier alpha value is 0.100. The molecule has 1 aromatic rings. The first kappa shape index (κ1) is 16.2. The maximum atomic E-state index is 3.71. The van der Waals surface area contributed by atoms with Crippen LogP contribution in [0.25, 0.3) is 0 Å². The molecule has 3 aliphatic rings. The van der Waals surface area contributed by atoms with E-state index in [2.05, 4.69) is 41.0 Å². The minimum Gasteiger partial charge on any atom is -0.312 e. The smallest absolute Gasteiger partial charge is 0.0227 e. The molecule has 4 rings (SSSR count).